The van der Waals surface area contributed by atoms with Crippen LogP contribution in [0.2, 0.25) is 0 Å². The van der Waals surface area contributed by atoms with Crippen molar-refractivity contribution in [1.82, 2.24) is 5.32 Å². The van der Waals surface area contributed by atoms with Crippen molar-refractivity contribution in [3.63, 3.8) is 0 Å². The normalized spacial score (nSPS) is 11.2. The number of carbonyl (C=O) groups excluding carboxylic acids is 1. The number of nitrogens with one attached hydrogen (secondary N) is 1. The Kier molecular flexibility index (Phi) is 3.20. The maximum Gasteiger partial charge on any atom is 0.253 e. The molecule has 0 aliphatic carbocycles. The van der Waals surface area contributed by atoms with Crippen LogP contribution in [0.3, 0.4) is 0 Å². The molecule has 1 rings (SSSR count). The minimum absolute atomic E-state index is 0.306. The van der Waals surface area contributed by atoms with Gasteiger partial charge in [0, 0.05) is 5.56 Å². The van der Waals surface area contributed by atoms with E-state index in [1.807, 2.05) is 0 Å². The predicted molar refractivity (Wildman–Crippen MR) is 60.3 cm³/mol. The van der Waals surface area contributed by atoms with Gasteiger partial charge in [-0.2, -0.15) is 0 Å². The van der Waals surface area contributed by atoms with E-state index < -0.39 is 5.72 Å². The molecule has 3 nitrogen and oxygen atoms in total. The number of rotatable bonds is 2. The molecule has 0 unspecified atom stereocenters. The van der Waals surface area contributed by atoms with Crippen molar-refractivity contribution >= 4 is 19.2 Å². The summed E-state index contributed by atoms with van der Waals surface area (Å²) in [4.78, 5) is 11.7. The van der Waals surface area contributed by atoms with E-state index in [2.05, 4.69) is 5.32 Å². The first kappa shape index (κ1) is 11.8. The average Bonchev–Trinajstić information content (AvgIpc) is 1.99. The summed E-state index contributed by atoms with van der Waals surface area (Å²) in [7, 11) is 5.57. The maximum absolute atomic E-state index is 11.7. The Morgan fingerprint density at radius 1 is 1.47 bits per heavy atom. The molecule has 0 saturated heterocycles. The summed E-state index contributed by atoms with van der Waals surface area (Å²) in [5.74, 6) is -0.306. The number of benzene rings is 1. The van der Waals surface area contributed by atoms with Gasteiger partial charge in [-0.25, -0.2) is 0 Å². The molecule has 0 spiro atoms. The molecule has 0 aromatic heterocycles. The van der Waals surface area contributed by atoms with E-state index in [9.17, 15) is 9.90 Å². The van der Waals surface area contributed by atoms with Gasteiger partial charge in [-0.1, -0.05) is 17.6 Å². The van der Waals surface area contributed by atoms with Crippen molar-refractivity contribution in [2.75, 3.05) is 0 Å². The van der Waals surface area contributed by atoms with Crippen LogP contribution in [0.4, 0.5) is 0 Å². The number of hydrogen-bond acceptors (Lipinski definition) is 2. The van der Waals surface area contributed by atoms with Crippen molar-refractivity contribution in [2.45, 2.75) is 26.5 Å². The third-order valence-electron chi connectivity index (χ3n) is 1.91. The third kappa shape index (κ3) is 3.40. The van der Waals surface area contributed by atoms with E-state index in [4.69, 9.17) is 7.85 Å². The molecule has 0 bridgehead atoms. The lowest BCUT2D eigenvalue weighted by atomic mass is 9.92. The highest BCUT2D eigenvalue weighted by Crippen LogP contribution is 2.07. The standard InChI is InChI=1S/C11H14BNO2/c1-7-6-8(12)4-5-9(7)10(14)13-11(2,3)15/h4-6,15H,1-3H3,(H,13,14). The zero-order chi connectivity index (χ0) is 11.6. The first-order valence-electron chi connectivity index (χ1n) is 4.70. The predicted octanol–water partition coefficient (Wildman–Crippen LogP) is 0.247. The Labute approximate surface area is 90.9 Å². The number of amides is 1. The fourth-order valence-electron chi connectivity index (χ4n) is 1.29. The summed E-state index contributed by atoms with van der Waals surface area (Å²) in [6.45, 7) is 4.82. The molecule has 4 heteroatoms. The van der Waals surface area contributed by atoms with Gasteiger partial charge in [0.1, 0.15) is 13.6 Å². The van der Waals surface area contributed by atoms with E-state index in [1.165, 1.54) is 13.8 Å². The van der Waals surface area contributed by atoms with E-state index >= 15 is 0 Å². The van der Waals surface area contributed by atoms with Crippen molar-refractivity contribution in [3.05, 3.63) is 29.3 Å². The van der Waals surface area contributed by atoms with Gasteiger partial charge in [-0.3, -0.25) is 4.79 Å². The Hall–Kier alpha value is -1.29. The van der Waals surface area contributed by atoms with Crippen molar-refractivity contribution in [2.24, 2.45) is 0 Å². The Balaban J connectivity index is 2.92. The first-order valence-corrected chi connectivity index (χ1v) is 4.70. The van der Waals surface area contributed by atoms with Crippen LogP contribution in [0.5, 0.6) is 0 Å². The Morgan fingerprint density at radius 3 is 2.53 bits per heavy atom. The largest absolute Gasteiger partial charge is 0.372 e. The lowest BCUT2D eigenvalue weighted by molar-refractivity contribution is 0.0375. The van der Waals surface area contributed by atoms with E-state index in [0.717, 1.165) is 5.56 Å². The molecule has 0 atom stereocenters. The minimum atomic E-state index is -1.22. The van der Waals surface area contributed by atoms with Gasteiger partial charge in [-0.05, 0) is 32.4 Å². The van der Waals surface area contributed by atoms with Crippen molar-refractivity contribution in [1.29, 1.82) is 0 Å². The van der Waals surface area contributed by atoms with Crippen LogP contribution in [-0.2, 0) is 0 Å². The molecule has 15 heavy (non-hydrogen) atoms. The highest BCUT2D eigenvalue weighted by molar-refractivity contribution is 6.32. The number of aliphatic hydroxyl groups is 1. The van der Waals surface area contributed by atoms with Gasteiger partial charge in [0.15, 0.2) is 0 Å². The number of carbonyl (C=O) groups is 1. The zero-order valence-electron chi connectivity index (χ0n) is 9.16. The molecule has 0 saturated carbocycles. The second kappa shape index (κ2) is 4.07. The highest BCUT2D eigenvalue weighted by atomic mass is 16.3. The van der Waals surface area contributed by atoms with E-state index in [-0.39, 0.29) is 5.91 Å². The van der Waals surface area contributed by atoms with Gasteiger partial charge in [0.25, 0.3) is 5.91 Å². The summed E-state index contributed by atoms with van der Waals surface area (Å²) in [5.41, 5.74) is 0.709. The van der Waals surface area contributed by atoms with Crippen molar-refractivity contribution < 1.29 is 9.90 Å². The molecule has 0 fully saturated rings. The van der Waals surface area contributed by atoms with Gasteiger partial charge in [-0.15, -0.1) is 0 Å². The van der Waals surface area contributed by atoms with Gasteiger partial charge < -0.3 is 10.4 Å². The van der Waals surface area contributed by atoms with Crippen LogP contribution in [0.15, 0.2) is 18.2 Å². The quantitative estimate of drug-likeness (QED) is 0.534. The molecular formula is C11H14BNO2. The third-order valence-corrected chi connectivity index (χ3v) is 1.91. The lowest BCUT2D eigenvalue weighted by Gasteiger charge is -2.19. The summed E-state index contributed by atoms with van der Waals surface area (Å²) < 4.78 is 0. The van der Waals surface area contributed by atoms with Crippen LogP contribution in [-0.4, -0.2) is 24.6 Å². The van der Waals surface area contributed by atoms with Crippen LogP contribution in [0.1, 0.15) is 29.8 Å². The fraction of sp³-hybridized carbons (Fsp3) is 0.364. The van der Waals surface area contributed by atoms with E-state index in [1.54, 1.807) is 25.1 Å². The summed E-state index contributed by atoms with van der Waals surface area (Å²) in [6.07, 6.45) is 0. The second-order valence-electron chi connectivity index (χ2n) is 4.09. The second-order valence-corrected chi connectivity index (χ2v) is 4.09. The van der Waals surface area contributed by atoms with Gasteiger partial charge >= 0.3 is 0 Å². The molecule has 78 valence electrons. The van der Waals surface area contributed by atoms with Gasteiger partial charge in [0.05, 0.1) is 0 Å². The lowest BCUT2D eigenvalue weighted by Crippen LogP contribution is -2.43. The number of aryl methyl sites for hydroxylation is 1. The topological polar surface area (TPSA) is 49.3 Å². The zero-order valence-corrected chi connectivity index (χ0v) is 9.16. The molecule has 0 aliphatic rings. The van der Waals surface area contributed by atoms with Crippen molar-refractivity contribution in [3.8, 4) is 0 Å². The van der Waals surface area contributed by atoms with Crippen LogP contribution < -0.4 is 10.8 Å². The molecular weight excluding hydrogens is 189 g/mol. The number of hydrogen-bond donors (Lipinski definition) is 2. The summed E-state index contributed by atoms with van der Waals surface area (Å²) >= 11 is 0. The van der Waals surface area contributed by atoms with Gasteiger partial charge in [0.2, 0.25) is 0 Å². The molecule has 1 aromatic carbocycles. The Bertz CT molecular complexity index is 383. The first-order chi connectivity index (χ1) is 6.79. The molecule has 1 amide bonds. The summed E-state index contributed by atoms with van der Waals surface area (Å²) in [6, 6.07) is 5.03. The highest BCUT2D eigenvalue weighted by Gasteiger charge is 2.17. The molecule has 0 heterocycles. The monoisotopic (exact) mass is 203 g/mol. The molecule has 2 N–H and O–H groups in total. The fourth-order valence-corrected chi connectivity index (χ4v) is 1.29. The summed E-state index contributed by atoms with van der Waals surface area (Å²) in [5, 5.41) is 11.9. The smallest absolute Gasteiger partial charge is 0.253 e. The maximum atomic E-state index is 11.7. The minimum Gasteiger partial charge on any atom is -0.372 e. The molecule has 1 aromatic rings. The van der Waals surface area contributed by atoms with Crippen LogP contribution in [0.25, 0.3) is 0 Å². The van der Waals surface area contributed by atoms with Crippen LogP contribution in [0, 0.1) is 6.92 Å². The molecule has 2 radical (unpaired) electrons. The SMILES string of the molecule is [B]c1ccc(C(=O)NC(C)(C)O)c(C)c1. The average molecular weight is 203 g/mol. The Morgan fingerprint density at radius 2 is 2.07 bits per heavy atom. The van der Waals surface area contributed by atoms with E-state index in [0.29, 0.717) is 11.0 Å². The molecule has 0 aliphatic heterocycles. The van der Waals surface area contributed by atoms with Crippen LogP contribution >= 0.6 is 0 Å².